The zero-order chi connectivity index (χ0) is 27.2. The van der Waals surface area contributed by atoms with Crippen LogP contribution in [-0.4, -0.2) is 37.8 Å². The van der Waals surface area contributed by atoms with Crippen LogP contribution >= 0.6 is 23.2 Å². The van der Waals surface area contributed by atoms with Gasteiger partial charge in [0.2, 0.25) is 0 Å². The molecule has 2 N–H and O–H groups in total. The minimum atomic E-state index is -4.81. The number of amides is 1. The second kappa shape index (κ2) is 10.1. The predicted octanol–water partition coefficient (Wildman–Crippen LogP) is 6.34. The fraction of sp³-hybridized carbons (Fsp3) is 0.600. The van der Waals surface area contributed by atoms with Gasteiger partial charge in [0, 0.05) is 18.4 Å². The number of carboxylic acid groups (broad SMARTS) is 1. The highest BCUT2D eigenvalue weighted by Gasteiger charge is 2.47. The van der Waals surface area contributed by atoms with E-state index in [-0.39, 0.29) is 31.1 Å². The molecule has 2 aromatic heterocycles. The van der Waals surface area contributed by atoms with Gasteiger partial charge < -0.3 is 10.4 Å². The molecule has 202 valence electrons. The molecule has 0 saturated heterocycles. The maximum absolute atomic E-state index is 14.2. The van der Waals surface area contributed by atoms with Crippen molar-refractivity contribution in [2.45, 2.75) is 83.5 Å². The summed E-state index contributed by atoms with van der Waals surface area (Å²) in [6.07, 6.45) is 2.56. The van der Waals surface area contributed by atoms with E-state index in [9.17, 15) is 27.9 Å². The number of pyridine rings is 1. The van der Waals surface area contributed by atoms with E-state index in [4.69, 9.17) is 23.2 Å². The summed E-state index contributed by atoms with van der Waals surface area (Å²) in [5.74, 6) is -1.80. The number of carbonyl (C=O) groups excluding carboxylic acids is 1. The van der Waals surface area contributed by atoms with Crippen molar-refractivity contribution in [3.63, 3.8) is 0 Å². The third-order valence-electron chi connectivity index (χ3n) is 8.05. The van der Waals surface area contributed by atoms with Crippen molar-refractivity contribution >= 4 is 35.1 Å². The molecule has 4 rings (SSSR count). The SMILES string of the molecule is CC1(C(=O)O)CCC(n2ncc(C(=O)NC(CCc3c(Cl)cncc3Cl)C3(C)CC3)c2C(F)(F)F)CC1. The molecule has 2 saturated carbocycles. The molecule has 2 fully saturated rings. The lowest BCUT2D eigenvalue weighted by molar-refractivity contribution is -0.152. The second-order valence-electron chi connectivity index (χ2n) is 10.7. The summed E-state index contributed by atoms with van der Waals surface area (Å²) >= 11 is 12.4. The van der Waals surface area contributed by atoms with Gasteiger partial charge in [-0.15, -0.1) is 0 Å². The molecule has 2 aliphatic carbocycles. The van der Waals surface area contributed by atoms with E-state index in [2.05, 4.69) is 15.4 Å². The van der Waals surface area contributed by atoms with Crippen molar-refractivity contribution in [1.82, 2.24) is 20.1 Å². The predicted molar refractivity (Wildman–Crippen MR) is 132 cm³/mol. The Morgan fingerprint density at radius 2 is 1.73 bits per heavy atom. The van der Waals surface area contributed by atoms with Crippen LogP contribution < -0.4 is 5.32 Å². The summed E-state index contributed by atoms with van der Waals surface area (Å²) in [5, 5.41) is 17.0. The first-order valence-electron chi connectivity index (χ1n) is 12.2. The number of hydrogen-bond acceptors (Lipinski definition) is 4. The average molecular weight is 561 g/mol. The summed E-state index contributed by atoms with van der Waals surface area (Å²) in [5.41, 5.74) is -2.17. The quantitative estimate of drug-likeness (QED) is 0.392. The molecule has 0 aliphatic heterocycles. The number of carboxylic acids is 1. The summed E-state index contributed by atoms with van der Waals surface area (Å²) in [7, 11) is 0. The molecule has 1 amide bonds. The molecule has 2 heterocycles. The van der Waals surface area contributed by atoms with Crippen LogP contribution in [0.5, 0.6) is 0 Å². The van der Waals surface area contributed by atoms with Gasteiger partial charge in [-0.1, -0.05) is 30.1 Å². The third-order valence-corrected chi connectivity index (χ3v) is 8.70. The number of alkyl halides is 3. The minimum Gasteiger partial charge on any atom is -0.481 e. The first-order valence-corrected chi connectivity index (χ1v) is 13.0. The van der Waals surface area contributed by atoms with Crippen molar-refractivity contribution in [3.05, 3.63) is 45.5 Å². The van der Waals surface area contributed by atoms with Gasteiger partial charge in [-0.2, -0.15) is 18.3 Å². The van der Waals surface area contributed by atoms with E-state index in [1.807, 2.05) is 6.92 Å². The Labute approximate surface area is 222 Å². The number of hydrogen-bond donors (Lipinski definition) is 2. The van der Waals surface area contributed by atoms with Crippen molar-refractivity contribution in [3.8, 4) is 0 Å². The van der Waals surface area contributed by atoms with Crippen LogP contribution in [0.4, 0.5) is 13.2 Å². The van der Waals surface area contributed by atoms with Gasteiger partial charge in [-0.25, -0.2) is 0 Å². The molecule has 0 aromatic carbocycles. The van der Waals surface area contributed by atoms with Crippen molar-refractivity contribution in [2.75, 3.05) is 0 Å². The van der Waals surface area contributed by atoms with Gasteiger partial charge >= 0.3 is 12.1 Å². The van der Waals surface area contributed by atoms with Crippen LogP contribution in [0.2, 0.25) is 10.0 Å². The fourth-order valence-electron chi connectivity index (χ4n) is 5.13. The van der Waals surface area contributed by atoms with Crippen LogP contribution in [0.25, 0.3) is 0 Å². The lowest BCUT2D eigenvalue weighted by Crippen LogP contribution is -2.41. The topological polar surface area (TPSA) is 97.1 Å². The van der Waals surface area contributed by atoms with E-state index in [1.165, 1.54) is 12.4 Å². The van der Waals surface area contributed by atoms with E-state index < -0.39 is 46.8 Å². The Balaban J connectivity index is 1.55. The highest BCUT2D eigenvalue weighted by atomic mass is 35.5. The van der Waals surface area contributed by atoms with Crippen molar-refractivity contribution in [2.24, 2.45) is 10.8 Å². The van der Waals surface area contributed by atoms with E-state index >= 15 is 0 Å². The maximum Gasteiger partial charge on any atom is 0.433 e. The Bertz CT molecular complexity index is 1170. The van der Waals surface area contributed by atoms with E-state index in [0.717, 1.165) is 23.7 Å². The number of halogens is 5. The van der Waals surface area contributed by atoms with Crippen LogP contribution in [0, 0.1) is 10.8 Å². The van der Waals surface area contributed by atoms with Crippen molar-refractivity contribution in [1.29, 1.82) is 0 Å². The van der Waals surface area contributed by atoms with E-state index in [0.29, 0.717) is 28.5 Å². The number of aromatic nitrogens is 3. The smallest absolute Gasteiger partial charge is 0.433 e. The Morgan fingerprint density at radius 1 is 1.14 bits per heavy atom. The summed E-state index contributed by atoms with van der Waals surface area (Å²) < 4.78 is 43.5. The average Bonchev–Trinajstić information content (AvgIpc) is 3.39. The molecule has 2 aromatic rings. The molecule has 7 nitrogen and oxygen atoms in total. The minimum absolute atomic E-state index is 0.225. The standard InChI is InChI=1S/C25H29Cl2F3N4O3/c1-23(9-10-23)19(4-3-15-17(26)12-31-13-18(15)27)33-21(35)16-11-32-34(20(16)25(28,29)30)14-5-7-24(2,8-6-14)22(36)37/h11-14,19H,3-10H2,1-2H3,(H,33,35)(H,36,37). The number of carbonyl (C=O) groups is 2. The third kappa shape index (κ3) is 5.74. The lowest BCUT2D eigenvalue weighted by atomic mass is 9.74. The summed E-state index contributed by atoms with van der Waals surface area (Å²) in [6.45, 7) is 3.59. The Kier molecular flexibility index (Phi) is 7.56. The van der Waals surface area contributed by atoms with Crippen LogP contribution in [0.3, 0.4) is 0 Å². The van der Waals surface area contributed by atoms with Crippen LogP contribution in [0.1, 0.15) is 86.5 Å². The van der Waals surface area contributed by atoms with Crippen molar-refractivity contribution < 1.29 is 27.9 Å². The van der Waals surface area contributed by atoms with Gasteiger partial charge in [0.1, 0.15) is 0 Å². The van der Waals surface area contributed by atoms with Gasteiger partial charge in [-0.3, -0.25) is 19.3 Å². The highest BCUT2D eigenvalue weighted by molar-refractivity contribution is 6.35. The molecule has 37 heavy (non-hydrogen) atoms. The molecule has 0 bridgehead atoms. The van der Waals surface area contributed by atoms with Gasteiger partial charge in [0.05, 0.1) is 33.3 Å². The molecule has 1 unspecified atom stereocenters. The normalized spacial score (nSPS) is 23.9. The number of rotatable bonds is 8. The van der Waals surface area contributed by atoms with Gasteiger partial charge in [0.25, 0.3) is 5.91 Å². The lowest BCUT2D eigenvalue weighted by Gasteiger charge is -2.34. The Hall–Kier alpha value is -2.33. The maximum atomic E-state index is 14.2. The highest BCUT2D eigenvalue weighted by Crippen LogP contribution is 2.50. The monoisotopic (exact) mass is 560 g/mol. The summed E-state index contributed by atoms with van der Waals surface area (Å²) in [6, 6.07) is -1.03. The number of nitrogens with zero attached hydrogens (tertiary/aromatic N) is 3. The number of nitrogens with one attached hydrogen (secondary N) is 1. The fourth-order valence-corrected chi connectivity index (χ4v) is 5.68. The molecule has 0 radical (unpaired) electrons. The molecule has 1 atom stereocenters. The second-order valence-corrected chi connectivity index (χ2v) is 11.6. The molecular weight excluding hydrogens is 532 g/mol. The number of aliphatic carboxylic acids is 1. The largest absolute Gasteiger partial charge is 0.481 e. The first-order chi connectivity index (χ1) is 17.2. The van der Waals surface area contributed by atoms with Crippen LogP contribution in [-0.2, 0) is 17.4 Å². The zero-order valence-electron chi connectivity index (χ0n) is 20.5. The molecule has 2 aliphatic rings. The van der Waals surface area contributed by atoms with Gasteiger partial charge in [0.15, 0.2) is 5.69 Å². The van der Waals surface area contributed by atoms with Gasteiger partial charge in [-0.05, 0) is 69.3 Å². The summed E-state index contributed by atoms with van der Waals surface area (Å²) in [4.78, 5) is 28.7. The first kappa shape index (κ1) is 27.7. The molecule has 0 spiro atoms. The molecule has 12 heteroatoms. The Morgan fingerprint density at radius 3 is 2.24 bits per heavy atom. The molecular formula is C25H29Cl2F3N4O3. The van der Waals surface area contributed by atoms with E-state index in [1.54, 1.807) is 6.92 Å². The zero-order valence-corrected chi connectivity index (χ0v) is 22.1. The van der Waals surface area contributed by atoms with Crippen LogP contribution in [0.15, 0.2) is 18.6 Å².